The highest BCUT2D eigenvalue weighted by molar-refractivity contribution is 7.93. The van der Waals surface area contributed by atoms with Crippen molar-refractivity contribution in [2.24, 2.45) is 0 Å². The normalized spacial score (nSPS) is 21.1. The van der Waals surface area contributed by atoms with Crippen molar-refractivity contribution in [3.63, 3.8) is 0 Å². The lowest BCUT2D eigenvalue weighted by Crippen LogP contribution is -2.28. The number of nitrogens with zero attached hydrogens (tertiary/aromatic N) is 1. The molecule has 0 aliphatic carbocycles. The van der Waals surface area contributed by atoms with Gasteiger partial charge in [-0.1, -0.05) is 18.2 Å². The van der Waals surface area contributed by atoms with Crippen molar-refractivity contribution >= 4 is 21.6 Å². The summed E-state index contributed by atoms with van der Waals surface area (Å²) in [6.07, 6.45) is -0.208. The summed E-state index contributed by atoms with van der Waals surface area (Å²) in [6, 6.07) is 10.4. The minimum atomic E-state index is -3.74. The van der Waals surface area contributed by atoms with E-state index in [9.17, 15) is 17.6 Å². The van der Waals surface area contributed by atoms with Crippen LogP contribution in [0.2, 0.25) is 0 Å². The van der Waals surface area contributed by atoms with Gasteiger partial charge in [0.15, 0.2) is 6.10 Å². The van der Waals surface area contributed by atoms with Crippen molar-refractivity contribution in [1.29, 1.82) is 0 Å². The number of anilines is 1. The summed E-state index contributed by atoms with van der Waals surface area (Å²) in [7, 11) is -3.74. The highest BCUT2D eigenvalue weighted by Gasteiger charge is 2.35. The molecule has 0 bridgehead atoms. The molecular weight excluding hydrogens is 347 g/mol. The summed E-state index contributed by atoms with van der Waals surface area (Å²) in [5, 5.41) is 2.64. The van der Waals surface area contributed by atoms with Crippen LogP contribution in [0.15, 0.2) is 47.4 Å². The SMILES string of the molecule is O=C1NCCC1Oc1cc(F)cc(N2Cc3ccccc3S2(=O)=O)c1. The van der Waals surface area contributed by atoms with Gasteiger partial charge in [-0.25, -0.2) is 12.8 Å². The first kappa shape index (κ1) is 15.9. The van der Waals surface area contributed by atoms with E-state index in [0.717, 1.165) is 16.4 Å². The Kier molecular flexibility index (Phi) is 3.64. The zero-order valence-corrected chi connectivity index (χ0v) is 13.9. The first-order valence-corrected chi connectivity index (χ1v) is 9.25. The molecule has 1 fully saturated rings. The molecule has 2 aromatic carbocycles. The average Bonchev–Trinajstić information content (AvgIpc) is 3.08. The van der Waals surface area contributed by atoms with Crippen molar-refractivity contribution in [3.8, 4) is 5.75 Å². The molecule has 2 aromatic rings. The van der Waals surface area contributed by atoms with Gasteiger partial charge in [0.25, 0.3) is 15.9 Å². The smallest absolute Gasteiger partial charge is 0.264 e. The van der Waals surface area contributed by atoms with Crippen LogP contribution < -0.4 is 14.4 Å². The summed E-state index contributed by atoms with van der Waals surface area (Å²) in [5.74, 6) is -0.757. The molecule has 1 unspecified atom stereocenters. The van der Waals surface area contributed by atoms with Gasteiger partial charge in [0.2, 0.25) is 0 Å². The van der Waals surface area contributed by atoms with Gasteiger partial charge in [-0.2, -0.15) is 0 Å². The van der Waals surface area contributed by atoms with Crippen LogP contribution in [0, 0.1) is 5.82 Å². The molecule has 1 atom stereocenters. The van der Waals surface area contributed by atoms with Crippen LogP contribution in [0.3, 0.4) is 0 Å². The standard InChI is InChI=1S/C17H15FN2O4S/c18-12-7-13(9-14(8-12)24-15-5-6-19-17(15)21)20-10-11-3-1-2-4-16(11)25(20,22)23/h1-4,7-9,15H,5-6,10H2,(H,19,21). The summed E-state index contributed by atoms with van der Waals surface area (Å²) in [4.78, 5) is 11.8. The van der Waals surface area contributed by atoms with Gasteiger partial charge in [0.05, 0.1) is 17.1 Å². The topological polar surface area (TPSA) is 75.7 Å². The number of sulfonamides is 1. The number of benzene rings is 2. The van der Waals surface area contributed by atoms with Gasteiger partial charge < -0.3 is 10.1 Å². The predicted molar refractivity (Wildman–Crippen MR) is 88.3 cm³/mol. The van der Waals surface area contributed by atoms with E-state index < -0.39 is 21.9 Å². The molecule has 1 saturated heterocycles. The average molecular weight is 362 g/mol. The second-order valence-corrected chi connectivity index (χ2v) is 7.78. The second-order valence-electron chi connectivity index (χ2n) is 5.95. The number of halogens is 1. The first-order chi connectivity index (χ1) is 11.9. The third kappa shape index (κ3) is 2.72. The lowest BCUT2D eigenvalue weighted by Gasteiger charge is -2.19. The van der Waals surface area contributed by atoms with E-state index in [1.807, 2.05) is 0 Å². The van der Waals surface area contributed by atoms with Gasteiger partial charge >= 0.3 is 0 Å². The lowest BCUT2D eigenvalue weighted by molar-refractivity contribution is -0.124. The Bertz CT molecular complexity index is 961. The Hall–Kier alpha value is -2.61. The highest BCUT2D eigenvalue weighted by Crippen LogP contribution is 2.36. The molecule has 2 heterocycles. The number of nitrogens with one attached hydrogen (secondary N) is 1. The Morgan fingerprint density at radius 3 is 2.72 bits per heavy atom. The molecular formula is C17H15FN2O4S. The molecule has 2 aliphatic rings. The summed E-state index contributed by atoms with van der Waals surface area (Å²) < 4.78 is 46.1. The van der Waals surface area contributed by atoms with Gasteiger partial charge in [-0.3, -0.25) is 9.10 Å². The first-order valence-electron chi connectivity index (χ1n) is 7.81. The fourth-order valence-corrected chi connectivity index (χ4v) is 4.73. The number of ether oxygens (including phenoxy) is 1. The minimum absolute atomic E-state index is 0.128. The van der Waals surface area contributed by atoms with Crippen LogP contribution >= 0.6 is 0 Å². The zero-order chi connectivity index (χ0) is 17.6. The molecule has 0 spiro atoms. The van der Waals surface area contributed by atoms with Crippen molar-refractivity contribution in [2.75, 3.05) is 10.8 Å². The lowest BCUT2D eigenvalue weighted by atomic mass is 10.2. The van der Waals surface area contributed by atoms with E-state index in [0.29, 0.717) is 18.5 Å². The van der Waals surface area contributed by atoms with Gasteiger partial charge in [0.1, 0.15) is 11.6 Å². The van der Waals surface area contributed by atoms with E-state index in [1.54, 1.807) is 18.2 Å². The molecule has 25 heavy (non-hydrogen) atoms. The quantitative estimate of drug-likeness (QED) is 0.903. The van der Waals surface area contributed by atoms with Crippen LogP contribution in [-0.4, -0.2) is 27.0 Å². The number of hydrogen-bond acceptors (Lipinski definition) is 4. The highest BCUT2D eigenvalue weighted by atomic mass is 32.2. The molecule has 0 aromatic heterocycles. The number of carbonyl (C=O) groups is 1. The van der Waals surface area contributed by atoms with Crippen LogP contribution in [0.25, 0.3) is 0 Å². The van der Waals surface area contributed by atoms with Crippen LogP contribution in [0.1, 0.15) is 12.0 Å². The Balaban J connectivity index is 1.69. The number of fused-ring (bicyclic) bond motifs is 1. The maximum absolute atomic E-state index is 14.0. The maximum atomic E-state index is 14.0. The molecule has 0 radical (unpaired) electrons. The van der Waals surface area contributed by atoms with Gasteiger partial charge in [0, 0.05) is 25.1 Å². The minimum Gasteiger partial charge on any atom is -0.480 e. The second kappa shape index (κ2) is 5.73. The van der Waals surface area contributed by atoms with Crippen molar-refractivity contribution in [2.45, 2.75) is 24.0 Å². The fourth-order valence-electron chi connectivity index (χ4n) is 3.08. The molecule has 6 nitrogen and oxygen atoms in total. The monoisotopic (exact) mass is 362 g/mol. The molecule has 1 amide bonds. The zero-order valence-electron chi connectivity index (χ0n) is 13.1. The summed E-state index contributed by atoms with van der Waals surface area (Å²) in [5.41, 5.74) is 0.828. The van der Waals surface area contributed by atoms with Crippen LogP contribution in [0.5, 0.6) is 5.75 Å². The molecule has 4 rings (SSSR count). The third-order valence-corrected chi connectivity index (χ3v) is 6.15. The number of carbonyl (C=O) groups excluding carboxylic acids is 1. The number of amides is 1. The van der Waals surface area contributed by atoms with Crippen molar-refractivity contribution < 1.29 is 22.3 Å². The molecule has 1 N–H and O–H groups in total. The fraction of sp³-hybridized carbons (Fsp3) is 0.235. The Labute approximate surface area is 144 Å². The van der Waals surface area contributed by atoms with E-state index in [4.69, 9.17) is 4.74 Å². The Morgan fingerprint density at radius 2 is 2.00 bits per heavy atom. The molecule has 0 saturated carbocycles. The van der Waals surface area contributed by atoms with Crippen molar-refractivity contribution in [3.05, 3.63) is 53.8 Å². The maximum Gasteiger partial charge on any atom is 0.264 e. The van der Waals surface area contributed by atoms with Crippen molar-refractivity contribution in [1.82, 2.24) is 5.32 Å². The molecule has 2 aliphatic heterocycles. The Morgan fingerprint density at radius 1 is 1.20 bits per heavy atom. The predicted octanol–water partition coefficient (Wildman–Crippen LogP) is 1.80. The summed E-state index contributed by atoms with van der Waals surface area (Å²) >= 11 is 0. The van der Waals surface area contributed by atoms with Crippen LogP contribution in [-0.2, 0) is 21.4 Å². The van der Waals surface area contributed by atoms with E-state index >= 15 is 0 Å². The largest absolute Gasteiger partial charge is 0.480 e. The van der Waals surface area contributed by atoms with Gasteiger partial charge in [-0.05, 0) is 17.7 Å². The van der Waals surface area contributed by atoms with E-state index in [-0.39, 0.29) is 28.8 Å². The van der Waals surface area contributed by atoms with E-state index in [1.165, 1.54) is 12.1 Å². The van der Waals surface area contributed by atoms with E-state index in [2.05, 4.69) is 5.32 Å². The summed E-state index contributed by atoms with van der Waals surface area (Å²) in [6.45, 7) is 0.632. The number of rotatable bonds is 3. The molecule has 8 heteroatoms. The van der Waals surface area contributed by atoms with Gasteiger partial charge in [-0.15, -0.1) is 0 Å². The third-order valence-electron chi connectivity index (χ3n) is 4.28. The number of hydrogen-bond donors (Lipinski definition) is 1. The molecule has 130 valence electrons. The van der Waals surface area contributed by atoms with Crippen LogP contribution in [0.4, 0.5) is 10.1 Å².